The van der Waals surface area contributed by atoms with Crippen LogP contribution >= 0.6 is 33.9 Å². The van der Waals surface area contributed by atoms with Gasteiger partial charge < -0.3 is 4.74 Å². The summed E-state index contributed by atoms with van der Waals surface area (Å²) in [6.07, 6.45) is 0. The standard InChI is InChI=1S/C13H7IN2O3S/c14-8-2-1-3-9(6-8)19-10-4-5-11-12(15-7-20-11)13(10)16(17)18/h1-7H. The Hall–Kier alpha value is -1.74. The van der Waals surface area contributed by atoms with Crippen molar-refractivity contribution in [3.8, 4) is 11.5 Å². The number of benzene rings is 2. The molecule has 0 amide bonds. The van der Waals surface area contributed by atoms with Crippen LogP contribution in [0.2, 0.25) is 0 Å². The number of nitrogens with zero attached hydrogens (tertiary/aromatic N) is 2. The maximum atomic E-state index is 11.3. The van der Waals surface area contributed by atoms with Crippen molar-refractivity contribution < 1.29 is 9.66 Å². The molecular weight excluding hydrogens is 391 g/mol. The third-order valence-corrected chi connectivity index (χ3v) is 4.11. The van der Waals surface area contributed by atoms with Crippen molar-refractivity contribution in [1.82, 2.24) is 4.98 Å². The van der Waals surface area contributed by atoms with Crippen LogP contribution in [-0.2, 0) is 0 Å². The summed E-state index contributed by atoms with van der Waals surface area (Å²) in [6, 6.07) is 10.7. The van der Waals surface area contributed by atoms with Crippen molar-refractivity contribution in [2.45, 2.75) is 0 Å². The highest BCUT2D eigenvalue weighted by atomic mass is 127. The van der Waals surface area contributed by atoms with Crippen LogP contribution in [0.1, 0.15) is 0 Å². The molecular formula is C13H7IN2O3S. The van der Waals surface area contributed by atoms with E-state index in [1.807, 2.05) is 18.2 Å². The van der Waals surface area contributed by atoms with Gasteiger partial charge in [0.1, 0.15) is 5.75 Å². The summed E-state index contributed by atoms with van der Waals surface area (Å²) in [5.41, 5.74) is 1.86. The molecule has 3 aromatic rings. The minimum atomic E-state index is -0.453. The van der Waals surface area contributed by atoms with Crippen LogP contribution in [0.25, 0.3) is 10.2 Å². The first-order valence-electron chi connectivity index (χ1n) is 5.59. The van der Waals surface area contributed by atoms with Gasteiger partial charge in [0, 0.05) is 3.57 Å². The number of hydrogen-bond acceptors (Lipinski definition) is 5. The first-order valence-corrected chi connectivity index (χ1v) is 7.55. The molecule has 0 aliphatic rings. The summed E-state index contributed by atoms with van der Waals surface area (Å²) >= 11 is 3.52. The molecule has 0 saturated heterocycles. The third kappa shape index (κ3) is 2.46. The molecule has 1 heterocycles. The highest BCUT2D eigenvalue weighted by Crippen LogP contribution is 2.38. The monoisotopic (exact) mass is 398 g/mol. The van der Waals surface area contributed by atoms with Crippen LogP contribution in [0.5, 0.6) is 11.5 Å². The van der Waals surface area contributed by atoms with Gasteiger partial charge in [-0.15, -0.1) is 11.3 Å². The average molecular weight is 398 g/mol. The van der Waals surface area contributed by atoms with Crippen molar-refractivity contribution in [2.24, 2.45) is 0 Å². The van der Waals surface area contributed by atoms with Gasteiger partial charge in [-0.2, -0.15) is 0 Å². The molecule has 20 heavy (non-hydrogen) atoms. The number of thiazole rings is 1. The molecule has 0 bridgehead atoms. The lowest BCUT2D eigenvalue weighted by atomic mass is 10.2. The van der Waals surface area contributed by atoms with E-state index < -0.39 is 4.92 Å². The molecule has 0 N–H and O–H groups in total. The number of hydrogen-bond donors (Lipinski definition) is 0. The topological polar surface area (TPSA) is 65.3 Å². The average Bonchev–Trinajstić information content (AvgIpc) is 2.86. The van der Waals surface area contributed by atoms with Gasteiger partial charge in [-0.1, -0.05) is 6.07 Å². The van der Waals surface area contributed by atoms with E-state index in [0.29, 0.717) is 11.3 Å². The molecule has 2 aromatic carbocycles. The molecule has 7 heteroatoms. The van der Waals surface area contributed by atoms with Crippen LogP contribution in [-0.4, -0.2) is 9.91 Å². The van der Waals surface area contributed by atoms with Gasteiger partial charge in [0.05, 0.1) is 15.1 Å². The Morgan fingerprint density at radius 1 is 1.30 bits per heavy atom. The van der Waals surface area contributed by atoms with E-state index in [2.05, 4.69) is 27.6 Å². The largest absolute Gasteiger partial charge is 0.450 e. The molecule has 0 saturated carbocycles. The van der Waals surface area contributed by atoms with Crippen molar-refractivity contribution >= 4 is 49.8 Å². The Morgan fingerprint density at radius 2 is 2.15 bits per heavy atom. The zero-order valence-corrected chi connectivity index (χ0v) is 12.9. The van der Waals surface area contributed by atoms with Gasteiger partial charge >= 0.3 is 5.69 Å². The van der Waals surface area contributed by atoms with Gasteiger partial charge in [-0.05, 0) is 52.9 Å². The lowest BCUT2D eigenvalue weighted by molar-refractivity contribution is -0.384. The second kappa shape index (κ2) is 5.33. The fraction of sp³-hybridized carbons (Fsp3) is 0. The predicted octanol–water partition coefficient (Wildman–Crippen LogP) is 4.60. The summed E-state index contributed by atoms with van der Waals surface area (Å²) in [6.45, 7) is 0. The first kappa shape index (κ1) is 13.3. The minimum Gasteiger partial charge on any atom is -0.450 e. The minimum absolute atomic E-state index is 0.0948. The quantitative estimate of drug-likeness (QED) is 0.368. The second-order valence-electron chi connectivity index (χ2n) is 3.93. The first-order chi connectivity index (χ1) is 9.65. The highest BCUT2D eigenvalue weighted by Gasteiger charge is 2.22. The molecule has 5 nitrogen and oxygen atoms in total. The number of ether oxygens (including phenoxy) is 1. The lowest BCUT2D eigenvalue weighted by Gasteiger charge is -2.06. The Bertz CT molecular complexity index is 803. The molecule has 0 aliphatic carbocycles. The number of nitro benzene ring substituents is 1. The van der Waals surface area contributed by atoms with Crippen LogP contribution in [0.15, 0.2) is 41.9 Å². The number of halogens is 1. The molecule has 0 fully saturated rings. The molecule has 1 aromatic heterocycles. The van der Waals surface area contributed by atoms with Crippen molar-refractivity contribution in [3.63, 3.8) is 0 Å². The fourth-order valence-corrected chi connectivity index (χ4v) is 3.01. The molecule has 0 aliphatic heterocycles. The summed E-state index contributed by atoms with van der Waals surface area (Å²) in [5, 5.41) is 11.3. The highest BCUT2D eigenvalue weighted by molar-refractivity contribution is 14.1. The van der Waals surface area contributed by atoms with E-state index in [9.17, 15) is 10.1 Å². The SMILES string of the molecule is O=[N+]([O-])c1c(Oc2cccc(I)c2)ccc2scnc12. The Labute approximate surface area is 131 Å². The van der Waals surface area contributed by atoms with E-state index in [1.165, 1.54) is 11.3 Å². The number of fused-ring (bicyclic) bond motifs is 1. The summed E-state index contributed by atoms with van der Waals surface area (Å²) in [7, 11) is 0. The van der Waals surface area contributed by atoms with E-state index in [-0.39, 0.29) is 11.4 Å². The zero-order chi connectivity index (χ0) is 14.1. The van der Waals surface area contributed by atoms with Crippen LogP contribution in [0.4, 0.5) is 5.69 Å². The Balaban J connectivity index is 2.11. The van der Waals surface area contributed by atoms with Gasteiger partial charge in [0.2, 0.25) is 5.75 Å². The van der Waals surface area contributed by atoms with E-state index in [0.717, 1.165) is 8.27 Å². The maximum absolute atomic E-state index is 11.3. The Kier molecular flexibility index (Phi) is 3.53. The van der Waals surface area contributed by atoms with Crippen molar-refractivity contribution in [2.75, 3.05) is 0 Å². The molecule has 0 unspecified atom stereocenters. The third-order valence-electron chi connectivity index (χ3n) is 2.65. The molecule has 3 rings (SSSR count). The van der Waals surface area contributed by atoms with E-state index in [1.54, 1.807) is 23.7 Å². The van der Waals surface area contributed by atoms with Gasteiger partial charge in [0.15, 0.2) is 5.52 Å². The van der Waals surface area contributed by atoms with Crippen LogP contribution < -0.4 is 4.74 Å². The second-order valence-corrected chi connectivity index (χ2v) is 6.06. The van der Waals surface area contributed by atoms with E-state index in [4.69, 9.17) is 4.74 Å². The van der Waals surface area contributed by atoms with Gasteiger partial charge in [-0.25, -0.2) is 4.98 Å². The molecule has 0 spiro atoms. The summed E-state index contributed by atoms with van der Waals surface area (Å²) in [4.78, 5) is 14.9. The Morgan fingerprint density at radius 3 is 2.90 bits per heavy atom. The number of aromatic nitrogens is 1. The normalized spacial score (nSPS) is 10.7. The molecule has 100 valence electrons. The predicted molar refractivity (Wildman–Crippen MR) is 85.5 cm³/mol. The van der Waals surface area contributed by atoms with E-state index >= 15 is 0 Å². The lowest BCUT2D eigenvalue weighted by Crippen LogP contribution is -1.94. The molecule has 0 atom stereocenters. The number of nitro groups is 1. The zero-order valence-electron chi connectivity index (χ0n) is 9.95. The van der Waals surface area contributed by atoms with Crippen LogP contribution in [0, 0.1) is 13.7 Å². The van der Waals surface area contributed by atoms with Crippen molar-refractivity contribution in [3.05, 3.63) is 55.6 Å². The van der Waals surface area contributed by atoms with Crippen LogP contribution in [0.3, 0.4) is 0 Å². The maximum Gasteiger partial charge on any atom is 0.338 e. The van der Waals surface area contributed by atoms with Gasteiger partial charge in [0.25, 0.3) is 0 Å². The fourth-order valence-electron chi connectivity index (χ4n) is 1.81. The number of rotatable bonds is 3. The summed E-state index contributed by atoms with van der Waals surface area (Å²) in [5.74, 6) is 0.768. The van der Waals surface area contributed by atoms with Crippen molar-refractivity contribution in [1.29, 1.82) is 0 Å². The smallest absolute Gasteiger partial charge is 0.338 e. The van der Waals surface area contributed by atoms with Gasteiger partial charge in [-0.3, -0.25) is 10.1 Å². The molecule has 0 radical (unpaired) electrons. The summed E-state index contributed by atoms with van der Waals surface area (Å²) < 4.78 is 7.42.